The van der Waals surface area contributed by atoms with Gasteiger partial charge in [-0.25, -0.2) is 4.68 Å². The lowest BCUT2D eigenvalue weighted by Gasteiger charge is -2.00. The predicted octanol–water partition coefficient (Wildman–Crippen LogP) is 3.24. The molecule has 0 atom stereocenters. The van der Waals surface area contributed by atoms with Crippen LogP contribution in [-0.4, -0.2) is 15.7 Å². The normalized spacial score (nSPS) is 10.3. The van der Waals surface area contributed by atoms with E-state index in [4.69, 9.17) is 0 Å². The average molecular weight is 248 g/mol. The molecule has 0 spiro atoms. The van der Waals surface area contributed by atoms with Crippen molar-refractivity contribution in [1.29, 1.82) is 0 Å². The van der Waals surface area contributed by atoms with E-state index in [0.717, 1.165) is 11.3 Å². The lowest BCUT2D eigenvalue weighted by atomic mass is 10.2. The second-order valence-electron chi connectivity index (χ2n) is 4.18. The molecular formula is C16H12N2O. The molecule has 1 heterocycles. The van der Waals surface area contributed by atoms with E-state index < -0.39 is 0 Å². The fourth-order valence-corrected chi connectivity index (χ4v) is 1.91. The third-order valence-electron chi connectivity index (χ3n) is 2.89. The minimum atomic E-state index is -0.122. The van der Waals surface area contributed by atoms with Crippen LogP contribution in [0, 0.1) is 0 Å². The summed E-state index contributed by atoms with van der Waals surface area (Å²) in [5, 5.41) is 4.32. The van der Waals surface area contributed by atoms with Gasteiger partial charge in [-0.1, -0.05) is 48.5 Å². The van der Waals surface area contributed by atoms with Crippen molar-refractivity contribution in [2.24, 2.45) is 0 Å². The Morgan fingerprint density at radius 3 is 2.16 bits per heavy atom. The SMILES string of the molecule is O=C(c1ccccc1)n1ccc(-c2ccccc2)n1. The summed E-state index contributed by atoms with van der Waals surface area (Å²) in [5.74, 6) is -0.122. The minimum absolute atomic E-state index is 0.122. The van der Waals surface area contributed by atoms with Gasteiger partial charge in [0.05, 0.1) is 5.69 Å². The first kappa shape index (κ1) is 11.4. The molecule has 0 bridgehead atoms. The Bertz CT molecular complexity index is 687. The van der Waals surface area contributed by atoms with E-state index in [-0.39, 0.29) is 5.91 Å². The lowest BCUT2D eigenvalue weighted by Crippen LogP contribution is -2.12. The molecule has 1 aromatic heterocycles. The number of carbonyl (C=O) groups excluding carboxylic acids is 1. The Morgan fingerprint density at radius 1 is 0.842 bits per heavy atom. The maximum atomic E-state index is 12.2. The highest BCUT2D eigenvalue weighted by atomic mass is 16.2. The zero-order valence-electron chi connectivity index (χ0n) is 10.2. The minimum Gasteiger partial charge on any atom is -0.267 e. The van der Waals surface area contributed by atoms with E-state index in [1.165, 1.54) is 4.68 Å². The number of hydrogen-bond donors (Lipinski definition) is 0. The van der Waals surface area contributed by atoms with Crippen LogP contribution in [0.5, 0.6) is 0 Å². The summed E-state index contributed by atoms with van der Waals surface area (Å²) in [4.78, 5) is 12.2. The Balaban J connectivity index is 1.92. The molecule has 0 aliphatic carbocycles. The number of aromatic nitrogens is 2. The van der Waals surface area contributed by atoms with Gasteiger partial charge in [0.25, 0.3) is 5.91 Å². The highest BCUT2D eigenvalue weighted by Crippen LogP contribution is 2.16. The van der Waals surface area contributed by atoms with E-state index >= 15 is 0 Å². The van der Waals surface area contributed by atoms with Crippen molar-refractivity contribution in [3.63, 3.8) is 0 Å². The van der Waals surface area contributed by atoms with Crippen molar-refractivity contribution in [3.8, 4) is 11.3 Å². The van der Waals surface area contributed by atoms with Gasteiger partial charge in [-0.15, -0.1) is 0 Å². The number of rotatable bonds is 2. The van der Waals surface area contributed by atoms with Crippen LogP contribution in [0.1, 0.15) is 10.4 Å². The van der Waals surface area contributed by atoms with Gasteiger partial charge in [-0.3, -0.25) is 4.79 Å². The van der Waals surface area contributed by atoms with Gasteiger partial charge in [0, 0.05) is 17.3 Å². The van der Waals surface area contributed by atoms with E-state index in [9.17, 15) is 4.79 Å². The molecular weight excluding hydrogens is 236 g/mol. The molecule has 0 saturated heterocycles. The molecule has 3 rings (SSSR count). The van der Waals surface area contributed by atoms with Crippen molar-refractivity contribution < 1.29 is 4.79 Å². The summed E-state index contributed by atoms with van der Waals surface area (Å²) in [7, 11) is 0. The highest BCUT2D eigenvalue weighted by molar-refractivity contribution is 5.95. The molecule has 0 N–H and O–H groups in total. The van der Waals surface area contributed by atoms with Crippen molar-refractivity contribution in [2.45, 2.75) is 0 Å². The topological polar surface area (TPSA) is 34.9 Å². The monoisotopic (exact) mass is 248 g/mol. The summed E-state index contributed by atoms with van der Waals surface area (Å²) in [5.41, 5.74) is 2.43. The van der Waals surface area contributed by atoms with E-state index in [1.54, 1.807) is 18.3 Å². The van der Waals surface area contributed by atoms with Crippen molar-refractivity contribution in [1.82, 2.24) is 9.78 Å². The second kappa shape index (κ2) is 4.90. The highest BCUT2D eigenvalue weighted by Gasteiger charge is 2.10. The van der Waals surface area contributed by atoms with Gasteiger partial charge >= 0.3 is 0 Å². The van der Waals surface area contributed by atoms with Gasteiger partial charge in [-0.05, 0) is 18.2 Å². The number of hydrogen-bond acceptors (Lipinski definition) is 2. The largest absolute Gasteiger partial charge is 0.278 e. The lowest BCUT2D eigenvalue weighted by molar-refractivity contribution is 0.0945. The summed E-state index contributed by atoms with van der Waals surface area (Å²) in [6, 6.07) is 20.8. The van der Waals surface area contributed by atoms with Crippen LogP contribution in [0.15, 0.2) is 72.9 Å². The maximum absolute atomic E-state index is 12.2. The number of benzene rings is 2. The summed E-state index contributed by atoms with van der Waals surface area (Å²) < 4.78 is 1.37. The number of carbonyl (C=O) groups is 1. The zero-order chi connectivity index (χ0) is 13.1. The first-order valence-electron chi connectivity index (χ1n) is 6.05. The zero-order valence-corrected chi connectivity index (χ0v) is 10.2. The van der Waals surface area contributed by atoms with Gasteiger partial charge in [0.2, 0.25) is 0 Å². The molecule has 0 amide bonds. The molecule has 0 aliphatic heterocycles. The molecule has 19 heavy (non-hydrogen) atoms. The van der Waals surface area contributed by atoms with Gasteiger partial charge in [0.15, 0.2) is 0 Å². The molecule has 2 aromatic carbocycles. The van der Waals surface area contributed by atoms with E-state index in [1.807, 2.05) is 54.6 Å². The molecule has 3 heteroatoms. The van der Waals surface area contributed by atoms with Crippen LogP contribution in [0.3, 0.4) is 0 Å². The molecule has 0 saturated carbocycles. The molecule has 0 aliphatic rings. The fourth-order valence-electron chi connectivity index (χ4n) is 1.91. The molecule has 92 valence electrons. The van der Waals surface area contributed by atoms with Crippen molar-refractivity contribution in [3.05, 3.63) is 78.5 Å². The Kier molecular flexibility index (Phi) is 2.94. The Morgan fingerprint density at radius 2 is 1.47 bits per heavy atom. The molecule has 3 aromatic rings. The molecule has 0 unspecified atom stereocenters. The molecule has 0 fully saturated rings. The van der Waals surface area contributed by atoms with Gasteiger partial charge in [0.1, 0.15) is 0 Å². The van der Waals surface area contributed by atoms with Crippen LogP contribution >= 0.6 is 0 Å². The summed E-state index contributed by atoms with van der Waals surface area (Å²) in [6.07, 6.45) is 1.69. The van der Waals surface area contributed by atoms with Crippen LogP contribution < -0.4 is 0 Å². The Labute approximate surface area is 111 Å². The van der Waals surface area contributed by atoms with E-state index in [2.05, 4.69) is 5.10 Å². The van der Waals surface area contributed by atoms with Crippen LogP contribution in [0.25, 0.3) is 11.3 Å². The first-order chi connectivity index (χ1) is 9.34. The predicted molar refractivity (Wildman–Crippen MR) is 73.8 cm³/mol. The maximum Gasteiger partial charge on any atom is 0.278 e. The van der Waals surface area contributed by atoms with Crippen LogP contribution in [0.4, 0.5) is 0 Å². The standard InChI is InChI=1S/C16H12N2O/c19-16(14-9-5-2-6-10-14)18-12-11-15(17-18)13-7-3-1-4-8-13/h1-12H. The van der Waals surface area contributed by atoms with Crippen molar-refractivity contribution >= 4 is 5.91 Å². The first-order valence-corrected chi connectivity index (χ1v) is 6.05. The fraction of sp³-hybridized carbons (Fsp3) is 0. The van der Waals surface area contributed by atoms with E-state index in [0.29, 0.717) is 5.56 Å². The third-order valence-corrected chi connectivity index (χ3v) is 2.89. The smallest absolute Gasteiger partial charge is 0.267 e. The van der Waals surface area contributed by atoms with Gasteiger partial charge in [-0.2, -0.15) is 5.10 Å². The van der Waals surface area contributed by atoms with Crippen molar-refractivity contribution in [2.75, 3.05) is 0 Å². The summed E-state index contributed by atoms with van der Waals surface area (Å²) in [6.45, 7) is 0. The molecule has 0 radical (unpaired) electrons. The molecule has 3 nitrogen and oxygen atoms in total. The van der Waals surface area contributed by atoms with Crippen LogP contribution in [0.2, 0.25) is 0 Å². The summed E-state index contributed by atoms with van der Waals surface area (Å²) >= 11 is 0. The number of nitrogens with zero attached hydrogens (tertiary/aromatic N) is 2. The third kappa shape index (κ3) is 2.31. The average Bonchev–Trinajstić information content (AvgIpc) is 2.98. The second-order valence-corrected chi connectivity index (χ2v) is 4.18. The van der Waals surface area contributed by atoms with Gasteiger partial charge < -0.3 is 0 Å². The Hall–Kier alpha value is -2.68. The van der Waals surface area contributed by atoms with Crippen LogP contribution in [-0.2, 0) is 0 Å². The quantitative estimate of drug-likeness (QED) is 0.697.